The van der Waals surface area contributed by atoms with Crippen molar-refractivity contribution in [2.45, 2.75) is 27.2 Å². The second-order valence-corrected chi connectivity index (χ2v) is 6.22. The van der Waals surface area contributed by atoms with Gasteiger partial charge in [-0.1, -0.05) is 24.6 Å². The van der Waals surface area contributed by atoms with Crippen LogP contribution < -0.4 is 5.32 Å². The van der Waals surface area contributed by atoms with E-state index < -0.39 is 0 Å². The molecule has 0 saturated carbocycles. The zero-order valence-electron chi connectivity index (χ0n) is 15.1. The number of hydrogen-bond donors (Lipinski definition) is 1. The molecule has 0 aliphatic heterocycles. The number of amides is 1. The summed E-state index contributed by atoms with van der Waals surface area (Å²) in [5.41, 5.74) is 3.67. The van der Waals surface area contributed by atoms with Gasteiger partial charge in [0.2, 0.25) is 5.82 Å². The van der Waals surface area contributed by atoms with Crippen LogP contribution in [-0.4, -0.2) is 27.2 Å². The minimum absolute atomic E-state index is 0.0951. The highest BCUT2D eigenvalue weighted by Crippen LogP contribution is 2.24. The fraction of sp³-hybridized carbons (Fsp3) is 0.250. The molecule has 1 amide bonds. The second-order valence-electron chi connectivity index (χ2n) is 6.22. The van der Waals surface area contributed by atoms with Gasteiger partial charge in [-0.15, -0.1) is 5.10 Å². The highest BCUT2D eigenvalue weighted by Gasteiger charge is 2.19. The number of carbonyl (C=O) groups is 1. The van der Waals surface area contributed by atoms with Crippen molar-refractivity contribution in [2.75, 3.05) is 6.54 Å². The summed E-state index contributed by atoms with van der Waals surface area (Å²) < 4.78 is 14.9. The first-order valence-electron chi connectivity index (χ1n) is 8.58. The van der Waals surface area contributed by atoms with Gasteiger partial charge in [0.05, 0.1) is 5.69 Å². The van der Waals surface area contributed by atoms with Crippen LogP contribution in [0.1, 0.15) is 35.1 Å². The van der Waals surface area contributed by atoms with Gasteiger partial charge in [0, 0.05) is 12.1 Å². The Morgan fingerprint density at radius 2 is 1.88 bits per heavy atom. The smallest absolute Gasteiger partial charge is 0.290 e. The van der Waals surface area contributed by atoms with E-state index in [0.29, 0.717) is 17.9 Å². The van der Waals surface area contributed by atoms with E-state index in [1.807, 2.05) is 39.0 Å². The van der Waals surface area contributed by atoms with Crippen molar-refractivity contribution in [1.29, 1.82) is 0 Å². The van der Waals surface area contributed by atoms with Crippen LogP contribution >= 0.6 is 0 Å². The van der Waals surface area contributed by atoms with Gasteiger partial charge < -0.3 is 5.32 Å². The van der Waals surface area contributed by atoms with Crippen molar-refractivity contribution in [3.8, 4) is 17.1 Å². The van der Waals surface area contributed by atoms with Gasteiger partial charge in [-0.3, -0.25) is 4.79 Å². The predicted molar refractivity (Wildman–Crippen MR) is 98.9 cm³/mol. The Labute approximate surface area is 151 Å². The summed E-state index contributed by atoms with van der Waals surface area (Å²) in [5.74, 6) is -0.0534. The Kier molecular flexibility index (Phi) is 5.11. The van der Waals surface area contributed by atoms with E-state index in [1.54, 1.807) is 16.8 Å². The molecule has 3 aromatic rings. The molecule has 1 heterocycles. The maximum absolute atomic E-state index is 13.3. The van der Waals surface area contributed by atoms with Gasteiger partial charge in [0.1, 0.15) is 5.82 Å². The molecule has 1 N–H and O–H groups in total. The topological polar surface area (TPSA) is 59.8 Å². The molecule has 26 heavy (non-hydrogen) atoms. The van der Waals surface area contributed by atoms with E-state index >= 15 is 0 Å². The van der Waals surface area contributed by atoms with Crippen LogP contribution in [-0.2, 0) is 0 Å². The molecule has 0 atom stereocenters. The Morgan fingerprint density at radius 1 is 1.15 bits per heavy atom. The van der Waals surface area contributed by atoms with Crippen molar-refractivity contribution in [3.63, 3.8) is 0 Å². The number of hydrogen-bond acceptors (Lipinski definition) is 3. The molecule has 0 saturated heterocycles. The number of nitrogens with one attached hydrogen (secondary N) is 1. The molecule has 0 bridgehead atoms. The average Bonchev–Trinajstić information content (AvgIpc) is 3.05. The number of halogens is 1. The summed E-state index contributed by atoms with van der Waals surface area (Å²) in [6.45, 7) is 6.53. The normalized spacial score (nSPS) is 10.8. The van der Waals surface area contributed by atoms with Gasteiger partial charge in [0.15, 0.2) is 5.82 Å². The van der Waals surface area contributed by atoms with Crippen LogP contribution in [0.5, 0.6) is 0 Å². The molecular formula is C20H21FN4O. The molecule has 0 aliphatic rings. The molecule has 1 aromatic heterocycles. The van der Waals surface area contributed by atoms with E-state index in [1.165, 1.54) is 12.1 Å². The molecule has 0 unspecified atom stereocenters. The number of nitrogens with zero attached hydrogens (tertiary/aromatic N) is 3. The summed E-state index contributed by atoms with van der Waals surface area (Å²) in [5, 5.41) is 7.21. The number of benzene rings is 2. The molecule has 0 aliphatic carbocycles. The highest BCUT2D eigenvalue weighted by atomic mass is 19.1. The largest absolute Gasteiger partial charge is 0.349 e. The lowest BCUT2D eigenvalue weighted by molar-refractivity contribution is 0.0943. The predicted octanol–water partition coefficient (Wildman–Crippen LogP) is 3.83. The van der Waals surface area contributed by atoms with Crippen LogP contribution in [0, 0.1) is 19.7 Å². The van der Waals surface area contributed by atoms with Crippen molar-refractivity contribution in [3.05, 3.63) is 65.2 Å². The van der Waals surface area contributed by atoms with E-state index in [2.05, 4.69) is 15.4 Å². The highest BCUT2D eigenvalue weighted by molar-refractivity contribution is 5.91. The lowest BCUT2D eigenvalue weighted by Gasteiger charge is -2.09. The first-order chi connectivity index (χ1) is 12.5. The van der Waals surface area contributed by atoms with Crippen LogP contribution in [0.3, 0.4) is 0 Å². The second kappa shape index (κ2) is 7.47. The van der Waals surface area contributed by atoms with Crippen LogP contribution in [0.2, 0.25) is 0 Å². The first-order valence-corrected chi connectivity index (χ1v) is 8.58. The Morgan fingerprint density at radius 3 is 2.54 bits per heavy atom. The van der Waals surface area contributed by atoms with Crippen LogP contribution in [0.25, 0.3) is 17.1 Å². The zero-order chi connectivity index (χ0) is 18.7. The minimum atomic E-state index is -0.327. The maximum Gasteiger partial charge on any atom is 0.290 e. The van der Waals surface area contributed by atoms with Crippen molar-refractivity contribution in [2.24, 2.45) is 0 Å². The maximum atomic E-state index is 13.3. The number of carbonyl (C=O) groups excluding carboxylic acids is 1. The molecule has 6 heteroatoms. The molecule has 5 nitrogen and oxygen atoms in total. The molecule has 3 rings (SSSR count). The summed E-state index contributed by atoms with van der Waals surface area (Å²) in [4.78, 5) is 16.7. The van der Waals surface area contributed by atoms with Gasteiger partial charge in [0.25, 0.3) is 5.91 Å². The third-order valence-electron chi connectivity index (χ3n) is 4.03. The summed E-state index contributed by atoms with van der Waals surface area (Å²) in [7, 11) is 0. The Hall–Kier alpha value is -3.02. The van der Waals surface area contributed by atoms with Gasteiger partial charge in [-0.25, -0.2) is 14.1 Å². The van der Waals surface area contributed by atoms with Gasteiger partial charge in [-0.2, -0.15) is 0 Å². The molecule has 0 radical (unpaired) electrons. The SMILES string of the molecule is CCCNC(=O)c1nc(-c2ccc(F)cc2)n(-c2ccc(C)cc2C)n1. The Balaban J connectivity index is 2.12. The van der Waals surface area contributed by atoms with Gasteiger partial charge >= 0.3 is 0 Å². The van der Waals surface area contributed by atoms with E-state index in [9.17, 15) is 9.18 Å². The lowest BCUT2D eigenvalue weighted by Crippen LogP contribution is -2.25. The lowest BCUT2D eigenvalue weighted by atomic mass is 10.1. The fourth-order valence-corrected chi connectivity index (χ4v) is 2.72. The van der Waals surface area contributed by atoms with E-state index in [4.69, 9.17) is 0 Å². The quantitative estimate of drug-likeness (QED) is 0.759. The standard InChI is InChI=1S/C20H21FN4O/c1-4-11-22-20(26)18-23-19(15-6-8-16(21)9-7-15)25(24-18)17-10-5-13(2)12-14(17)3/h5-10,12H,4,11H2,1-3H3,(H,22,26). The zero-order valence-corrected chi connectivity index (χ0v) is 15.1. The third kappa shape index (κ3) is 3.64. The number of rotatable bonds is 5. The fourth-order valence-electron chi connectivity index (χ4n) is 2.72. The molecular weight excluding hydrogens is 331 g/mol. The summed E-state index contributed by atoms with van der Waals surface area (Å²) in [6, 6.07) is 12.0. The number of aryl methyl sites for hydroxylation is 2. The molecule has 0 spiro atoms. The van der Waals surface area contributed by atoms with Crippen molar-refractivity contribution < 1.29 is 9.18 Å². The van der Waals surface area contributed by atoms with E-state index in [-0.39, 0.29) is 17.5 Å². The molecule has 2 aromatic carbocycles. The van der Waals surface area contributed by atoms with Crippen molar-refractivity contribution >= 4 is 5.91 Å². The minimum Gasteiger partial charge on any atom is -0.349 e. The molecule has 0 fully saturated rings. The summed E-state index contributed by atoms with van der Waals surface area (Å²) in [6.07, 6.45) is 0.828. The van der Waals surface area contributed by atoms with E-state index in [0.717, 1.165) is 23.2 Å². The summed E-state index contributed by atoms with van der Waals surface area (Å²) >= 11 is 0. The first kappa shape index (κ1) is 17.8. The van der Waals surface area contributed by atoms with Crippen LogP contribution in [0.4, 0.5) is 4.39 Å². The van der Waals surface area contributed by atoms with Crippen LogP contribution in [0.15, 0.2) is 42.5 Å². The third-order valence-corrected chi connectivity index (χ3v) is 4.03. The number of aromatic nitrogens is 3. The molecule has 134 valence electrons. The monoisotopic (exact) mass is 352 g/mol. The Bertz CT molecular complexity index is 931. The average molecular weight is 352 g/mol. The van der Waals surface area contributed by atoms with Crippen molar-refractivity contribution in [1.82, 2.24) is 20.1 Å². The van der Waals surface area contributed by atoms with Gasteiger partial charge in [-0.05, 0) is 56.2 Å².